The number of aromatic nitrogens is 2. The van der Waals surface area contributed by atoms with Crippen LogP contribution >= 0.6 is 0 Å². The maximum atomic E-state index is 4.78. The third kappa shape index (κ3) is 2.85. The summed E-state index contributed by atoms with van der Waals surface area (Å²) in [6.07, 6.45) is 8.77. The van der Waals surface area contributed by atoms with Crippen molar-refractivity contribution in [3.05, 3.63) is 11.9 Å². The van der Waals surface area contributed by atoms with Crippen molar-refractivity contribution in [2.24, 2.45) is 5.92 Å². The van der Waals surface area contributed by atoms with Gasteiger partial charge >= 0.3 is 0 Å². The Bertz CT molecular complexity index is 434. The number of rotatable bonds is 4. The highest BCUT2D eigenvalue weighted by atomic mass is 15.3. The fourth-order valence-corrected chi connectivity index (χ4v) is 3.83. The number of nitrogens with one attached hydrogen (secondary N) is 1. The van der Waals surface area contributed by atoms with Gasteiger partial charge in [0.2, 0.25) is 5.95 Å². The molecule has 1 N–H and O–H groups in total. The predicted octanol–water partition coefficient (Wildman–Crippen LogP) is 2.57. The van der Waals surface area contributed by atoms with Crippen LogP contribution in [0.15, 0.2) is 6.20 Å². The number of aryl methyl sites for hydroxylation is 2. The Balaban J connectivity index is 1.72. The molecule has 3 rings (SSSR count). The van der Waals surface area contributed by atoms with Gasteiger partial charge in [0, 0.05) is 31.9 Å². The number of piperidine rings is 1. The summed E-state index contributed by atoms with van der Waals surface area (Å²) in [6, 6.07) is 0.744. The van der Waals surface area contributed by atoms with Crippen LogP contribution in [-0.2, 0) is 6.54 Å². The average Bonchev–Trinajstić information content (AvgIpc) is 3.09. The summed E-state index contributed by atoms with van der Waals surface area (Å²) in [5, 5.41) is 3.69. The van der Waals surface area contributed by atoms with Crippen LogP contribution in [0.25, 0.3) is 0 Å². The first-order valence-electron chi connectivity index (χ1n) is 8.30. The molecule has 0 bridgehead atoms. The maximum absolute atomic E-state index is 4.78. The highest BCUT2D eigenvalue weighted by Gasteiger charge is 2.30. The summed E-state index contributed by atoms with van der Waals surface area (Å²) in [7, 11) is 0. The van der Waals surface area contributed by atoms with Gasteiger partial charge < -0.3 is 14.8 Å². The van der Waals surface area contributed by atoms with Crippen LogP contribution < -0.4 is 10.2 Å². The van der Waals surface area contributed by atoms with Crippen LogP contribution in [0.1, 0.15) is 44.7 Å². The van der Waals surface area contributed by atoms with E-state index in [1.54, 1.807) is 0 Å². The Morgan fingerprint density at radius 3 is 3.00 bits per heavy atom. The number of nitrogens with zero attached hydrogens (tertiary/aromatic N) is 3. The molecule has 2 unspecified atom stereocenters. The molecule has 0 aliphatic carbocycles. The molecule has 1 aromatic heterocycles. The van der Waals surface area contributed by atoms with Crippen molar-refractivity contribution in [3.63, 3.8) is 0 Å². The zero-order valence-electron chi connectivity index (χ0n) is 12.9. The molecule has 4 heteroatoms. The van der Waals surface area contributed by atoms with Crippen LogP contribution in [0.4, 0.5) is 5.95 Å². The summed E-state index contributed by atoms with van der Waals surface area (Å²) in [5.41, 5.74) is 1.15. The molecule has 0 spiro atoms. The second-order valence-electron chi connectivity index (χ2n) is 6.43. The van der Waals surface area contributed by atoms with Crippen molar-refractivity contribution < 1.29 is 0 Å². The third-order valence-corrected chi connectivity index (χ3v) is 4.75. The zero-order valence-corrected chi connectivity index (χ0v) is 12.9. The van der Waals surface area contributed by atoms with Gasteiger partial charge in [0.05, 0.1) is 5.69 Å². The van der Waals surface area contributed by atoms with Crippen LogP contribution in [0.2, 0.25) is 0 Å². The van der Waals surface area contributed by atoms with Gasteiger partial charge in [0.15, 0.2) is 0 Å². The van der Waals surface area contributed by atoms with E-state index in [1.165, 1.54) is 57.7 Å². The van der Waals surface area contributed by atoms with E-state index in [1.807, 2.05) is 0 Å². The summed E-state index contributed by atoms with van der Waals surface area (Å²) in [6.45, 7) is 8.99. The van der Waals surface area contributed by atoms with Crippen LogP contribution in [-0.4, -0.2) is 35.2 Å². The van der Waals surface area contributed by atoms with E-state index < -0.39 is 0 Å². The molecule has 2 fully saturated rings. The minimum Gasteiger partial charge on any atom is -0.342 e. The molecule has 0 amide bonds. The molecule has 1 aromatic rings. The van der Waals surface area contributed by atoms with E-state index in [0.717, 1.165) is 24.2 Å². The summed E-state index contributed by atoms with van der Waals surface area (Å²) in [5.74, 6) is 2.00. The van der Waals surface area contributed by atoms with Crippen molar-refractivity contribution in [1.29, 1.82) is 0 Å². The lowest BCUT2D eigenvalue weighted by Gasteiger charge is -2.36. The lowest BCUT2D eigenvalue weighted by molar-refractivity contribution is 0.325. The molecule has 112 valence electrons. The molecule has 0 saturated carbocycles. The second-order valence-corrected chi connectivity index (χ2v) is 6.43. The Morgan fingerprint density at radius 1 is 1.35 bits per heavy atom. The third-order valence-electron chi connectivity index (χ3n) is 4.75. The Morgan fingerprint density at radius 2 is 2.25 bits per heavy atom. The first-order chi connectivity index (χ1) is 9.78. The van der Waals surface area contributed by atoms with Crippen molar-refractivity contribution in [3.8, 4) is 0 Å². The molecule has 2 aliphatic rings. The maximum Gasteiger partial charge on any atom is 0.205 e. The molecule has 0 radical (unpaired) electrons. The molecule has 2 aliphatic heterocycles. The van der Waals surface area contributed by atoms with Gasteiger partial charge in [-0.05, 0) is 51.5 Å². The minimum atomic E-state index is 0.744. The molecule has 3 heterocycles. The van der Waals surface area contributed by atoms with Gasteiger partial charge in [-0.1, -0.05) is 6.92 Å². The van der Waals surface area contributed by atoms with E-state index in [2.05, 4.69) is 34.8 Å². The molecular formula is C16H28N4. The van der Waals surface area contributed by atoms with Crippen molar-refractivity contribution >= 4 is 5.95 Å². The highest BCUT2D eigenvalue weighted by Crippen LogP contribution is 2.28. The first-order valence-corrected chi connectivity index (χ1v) is 8.30. The van der Waals surface area contributed by atoms with Crippen LogP contribution in [0, 0.1) is 12.8 Å². The highest BCUT2D eigenvalue weighted by molar-refractivity contribution is 5.34. The van der Waals surface area contributed by atoms with Crippen LogP contribution in [0.3, 0.4) is 0 Å². The standard InChI is InChI=1S/C16H28N4/c1-3-9-19-11-13(2)18-16(19)20-10-5-6-14(12-20)15-7-4-8-17-15/h11,14-15,17H,3-10,12H2,1-2H3. The zero-order chi connectivity index (χ0) is 13.9. The van der Waals surface area contributed by atoms with Gasteiger partial charge in [0.1, 0.15) is 0 Å². The smallest absolute Gasteiger partial charge is 0.205 e. The predicted molar refractivity (Wildman–Crippen MR) is 83.2 cm³/mol. The lowest BCUT2D eigenvalue weighted by atomic mass is 9.90. The van der Waals surface area contributed by atoms with Gasteiger partial charge in [0.25, 0.3) is 0 Å². The van der Waals surface area contributed by atoms with E-state index >= 15 is 0 Å². The lowest BCUT2D eigenvalue weighted by Crippen LogP contribution is -2.44. The number of anilines is 1. The molecule has 0 aromatic carbocycles. The fourth-order valence-electron chi connectivity index (χ4n) is 3.83. The molecule has 4 nitrogen and oxygen atoms in total. The van der Waals surface area contributed by atoms with Crippen LogP contribution in [0.5, 0.6) is 0 Å². The normalized spacial score (nSPS) is 27.2. The minimum absolute atomic E-state index is 0.744. The SMILES string of the molecule is CCCn1cc(C)nc1N1CCCC(C2CCCN2)C1. The molecule has 2 atom stereocenters. The van der Waals surface area contributed by atoms with E-state index in [9.17, 15) is 0 Å². The second kappa shape index (κ2) is 6.17. The molecule has 20 heavy (non-hydrogen) atoms. The van der Waals surface area contributed by atoms with Gasteiger partial charge in [-0.15, -0.1) is 0 Å². The van der Waals surface area contributed by atoms with Crippen molar-refractivity contribution in [2.45, 2.75) is 58.5 Å². The summed E-state index contributed by atoms with van der Waals surface area (Å²) >= 11 is 0. The monoisotopic (exact) mass is 276 g/mol. The number of hydrogen-bond donors (Lipinski definition) is 1. The Labute approximate surface area is 122 Å². The number of hydrogen-bond acceptors (Lipinski definition) is 3. The van der Waals surface area contributed by atoms with E-state index in [-0.39, 0.29) is 0 Å². The number of imidazole rings is 1. The van der Waals surface area contributed by atoms with Gasteiger partial charge in [-0.25, -0.2) is 4.98 Å². The summed E-state index contributed by atoms with van der Waals surface area (Å²) < 4.78 is 2.35. The molecular weight excluding hydrogens is 248 g/mol. The quantitative estimate of drug-likeness (QED) is 0.917. The van der Waals surface area contributed by atoms with E-state index in [4.69, 9.17) is 4.98 Å². The van der Waals surface area contributed by atoms with Crippen molar-refractivity contribution in [2.75, 3.05) is 24.5 Å². The topological polar surface area (TPSA) is 33.1 Å². The summed E-state index contributed by atoms with van der Waals surface area (Å²) in [4.78, 5) is 7.31. The fraction of sp³-hybridized carbons (Fsp3) is 0.812. The largest absolute Gasteiger partial charge is 0.342 e. The molecule has 2 saturated heterocycles. The average molecular weight is 276 g/mol. The Kier molecular flexibility index (Phi) is 4.29. The Hall–Kier alpha value is -1.03. The van der Waals surface area contributed by atoms with Crippen molar-refractivity contribution in [1.82, 2.24) is 14.9 Å². The van der Waals surface area contributed by atoms with E-state index in [0.29, 0.717) is 0 Å². The van der Waals surface area contributed by atoms with Gasteiger partial charge in [-0.2, -0.15) is 0 Å². The first kappa shape index (κ1) is 13.9. The van der Waals surface area contributed by atoms with Gasteiger partial charge in [-0.3, -0.25) is 0 Å².